The minimum absolute atomic E-state index is 0.0451. The maximum atomic E-state index is 12.1. The van der Waals surface area contributed by atoms with Crippen LogP contribution < -0.4 is 0 Å². The summed E-state index contributed by atoms with van der Waals surface area (Å²) in [6.45, 7) is 7.83. The van der Waals surface area contributed by atoms with Gasteiger partial charge in [0.15, 0.2) is 5.78 Å². The van der Waals surface area contributed by atoms with Gasteiger partial charge in [0.05, 0.1) is 0 Å². The Morgan fingerprint density at radius 1 is 1.44 bits per heavy atom. The van der Waals surface area contributed by atoms with E-state index in [4.69, 9.17) is 16.3 Å². The summed E-state index contributed by atoms with van der Waals surface area (Å²) in [5.74, 6) is -0.0451. The van der Waals surface area contributed by atoms with Gasteiger partial charge in [0.2, 0.25) is 0 Å². The van der Waals surface area contributed by atoms with Crippen molar-refractivity contribution in [2.45, 2.75) is 33.3 Å². The van der Waals surface area contributed by atoms with Crippen molar-refractivity contribution in [3.8, 4) is 0 Å². The summed E-state index contributed by atoms with van der Waals surface area (Å²) in [7, 11) is 0. The van der Waals surface area contributed by atoms with Crippen LogP contribution in [0.2, 0.25) is 5.02 Å². The van der Waals surface area contributed by atoms with Crippen LogP contribution in [0.4, 0.5) is 0 Å². The van der Waals surface area contributed by atoms with Crippen molar-refractivity contribution >= 4 is 17.4 Å². The van der Waals surface area contributed by atoms with Crippen LogP contribution in [0.15, 0.2) is 18.2 Å². The fourth-order valence-corrected chi connectivity index (χ4v) is 1.69. The summed E-state index contributed by atoms with van der Waals surface area (Å²) in [6.07, 6.45) is 0. The molecule has 0 aliphatic rings. The lowest BCUT2D eigenvalue weighted by atomic mass is 9.96. The molecule has 0 atom stereocenters. The van der Waals surface area contributed by atoms with Gasteiger partial charge >= 0.3 is 0 Å². The SMILES string of the molecule is CCOC(C)(C)C(=O)c1ccc(C)c(Cl)c1. The van der Waals surface area contributed by atoms with E-state index in [0.29, 0.717) is 17.2 Å². The molecule has 16 heavy (non-hydrogen) atoms. The fraction of sp³-hybridized carbons (Fsp3) is 0.462. The summed E-state index contributed by atoms with van der Waals surface area (Å²) in [5, 5.41) is 0.609. The van der Waals surface area contributed by atoms with E-state index < -0.39 is 5.60 Å². The third-order valence-electron chi connectivity index (χ3n) is 2.49. The molecule has 0 N–H and O–H groups in total. The molecular weight excluding hydrogens is 224 g/mol. The lowest BCUT2D eigenvalue weighted by molar-refractivity contribution is 0.00126. The first-order chi connectivity index (χ1) is 7.38. The largest absolute Gasteiger partial charge is 0.368 e. The first-order valence-electron chi connectivity index (χ1n) is 5.33. The summed E-state index contributed by atoms with van der Waals surface area (Å²) < 4.78 is 5.42. The van der Waals surface area contributed by atoms with Gasteiger partial charge in [-0.15, -0.1) is 0 Å². The number of carbonyl (C=O) groups is 1. The van der Waals surface area contributed by atoms with Gasteiger partial charge in [0, 0.05) is 17.2 Å². The Labute approximate surface area is 102 Å². The fourth-order valence-electron chi connectivity index (χ4n) is 1.51. The number of ether oxygens (including phenoxy) is 1. The Morgan fingerprint density at radius 3 is 2.56 bits per heavy atom. The average Bonchev–Trinajstić information content (AvgIpc) is 2.21. The van der Waals surface area contributed by atoms with Gasteiger partial charge < -0.3 is 4.74 Å². The Balaban J connectivity index is 3.01. The van der Waals surface area contributed by atoms with Gasteiger partial charge in [-0.25, -0.2) is 0 Å². The number of benzene rings is 1. The third kappa shape index (κ3) is 2.83. The molecule has 0 unspecified atom stereocenters. The van der Waals surface area contributed by atoms with Crippen LogP contribution in [0.3, 0.4) is 0 Å². The van der Waals surface area contributed by atoms with Crippen LogP contribution in [0.25, 0.3) is 0 Å². The van der Waals surface area contributed by atoms with Crippen molar-refractivity contribution < 1.29 is 9.53 Å². The van der Waals surface area contributed by atoms with E-state index in [1.54, 1.807) is 26.0 Å². The summed E-state index contributed by atoms with van der Waals surface area (Å²) in [4.78, 5) is 12.1. The zero-order valence-corrected chi connectivity index (χ0v) is 10.9. The molecule has 2 nitrogen and oxygen atoms in total. The van der Waals surface area contributed by atoms with E-state index in [2.05, 4.69) is 0 Å². The predicted octanol–water partition coefficient (Wildman–Crippen LogP) is 3.65. The molecule has 0 aliphatic heterocycles. The second kappa shape index (κ2) is 4.98. The molecule has 0 radical (unpaired) electrons. The van der Waals surface area contributed by atoms with E-state index in [1.165, 1.54) is 0 Å². The predicted molar refractivity (Wildman–Crippen MR) is 66.2 cm³/mol. The van der Waals surface area contributed by atoms with E-state index in [-0.39, 0.29) is 5.78 Å². The van der Waals surface area contributed by atoms with Gasteiger partial charge in [-0.2, -0.15) is 0 Å². The first kappa shape index (κ1) is 13.2. The maximum Gasteiger partial charge on any atom is 0.194 e. The van der Waals surface area contributed by atoms with E-state index in [0.717, 1.165) is 5.56 Å². The van der Waals surface area contributed by atoms with Crippen LogP contribution in [0.1, 0.15) is 36.7 Å². The highest BCUT2D eigenvalue weighted by molar-refractivity contribution is 6.31. The highest BCUT2D eigenvalue weighted by Crippen LogP contribution is 2.22. The molecule has 0 amide bonds. The molecule has 0 heterocycles. The topological polar surface area (TPSA) is 26.3 Å². The number of hydrogen-bond acceptors (Lipinski definition) is 2. The van der Waals surface area contributed by atoms with Crippen molar-refractivity contribution in [2.75, 3.05) is 6.61 Å². The first-order valence-corrected chi connectivity index (χ1v) is 5.71. The van der Waals surface area contributed by atoms with Crippen LogP contribution in [0, 0.1) is 6.92 Å². The van der Waals surface area contributed by atoms with Crippen LogP contribution in [0.5, 0.6) is 0 Å². The van der Waals surface area contributed by atoms with Gasteiger partial charge in [-0.1, -0.05) is 23.7 Å². The summed E-state index contributed by atoms with van der Waals surface area (Å²) in [5.41, 5.74) is 0.759. The summed E-state index contributed by atoms with van der Waals surface area (Å²) in [6, 6.07) is 5.32. The lowest BCUT2D eigenvalue weighted by Crippen LogP contribution is -2.35. The summed E-state index contributed by atoms with van der Waals surface area (Å²) >= 11 is 5.99. The molecule has 1 aromatic rings. The Bertz CT molecular complexity index is 397. The van der Waals surface area contributed by atoms with Gasteiger partial charge in [-0.05, 0) is 39.3 Å². The maximum absolute atomic E-state index is 12.1. The zero-order valence-electron chi connectivity index (χ0n) is 10.1. The number of ketones is 1. The molecule has 0 bridgehead atoms. The Kier molecular flexibility index (Phi) is 4.11. The monoisotopic (exact) mass is 240 g/mol. The van der Waals surface area contributed by atoms with E-state index in [1.807, 2.05) is 19.9 Å². The minimum atomic E-state index is -0.798. The molecule has 0 saturated carbocycles. The molecule has 0 aromatic heterocycles. The standard InChI is InChI=1S/C13H17ClO2/c1-5-16-13(3,4)12(15)10-7-6-9(2)11(14)8-10/h6-8H,5H2,1-4H3. The molecule has 1 aromatic carbocycles. The molecule has 0 fully saturated rings. The molecule has 88 valence electrons. The molecule has 0 aliphatic carbocycles. The Morgan fingerprint density at radius 2 is 2.06 bits per heavy atom. The van der Waals surface area contributed by atoms with E-state index >= 15 is 0 Å². The Hall–Kier alpha value is -0.860. The molecule has 0 saturated heterocycles. The van der Waals surface area contributed by atoms with E-state index in [9.17, 15) is 4.79 Å². The smallest absolute Gasteiger partial charge is 0.194 e. The van der Waals surface area contributed by atoms with Crippen molar-refractivity contribution in [1.82, 2.24) is 0 Å². The van der Waals surface area contributed by atoms with Gasteiger partial charge in [0.1, 0.15) is 5.60 Å². The lowest BCUT2D eigenvalue weighted by Gasteiger charge is -2.23. The van der Waals surface area contributed by atoms with Crippen LogP contribution in [-0.4, -0.2) is 18.0 Å². The van der Waals surface area contributed by atoms with Crippen molar-refractivity contribution in [3.63, 3.8) is 0 Å². The number of halogens is 1. The van der Waals surface area contributed by atoms with Crippen LogP contribution >= 0.6 is 11.6 Å². The number of carbonyl (C=O) groups excluding carboxylic acids is 1. The molecule has 0 spiro atoms. The van der Waals surface area contributed by atoms with Gasteiger partial charge in [-0.3, -0.25) is 4.79 Å². The number of aryl methyl sites for hydroxylation is 1. The molecule has 3 heteroatoms. The highest BCUT2D eigenvalue weighted by atomic mass is 35.5. The van der Waals surface area contributed by atoms with Gasteiger partial charge in [0.25, 0.3) is 0 Å². The van der Waals surface area contributed by atoms with Crippen molar-refractivity contribution in [2.24, 2.45) is 0 Å². The average molecular weight is 241 g/mol. The molecular formula is C13H17ClO2. The second-order valence-corrected chi connectivity index (χ2v) is 4.64. The molecule has 1 rings (SSSR count). The number of hydrogen-bond donors (Lipinski definition) is 0. The highest BCUT2D eigenvalue weighted by Gasteiger charge is 2.29. The minimum Gasteiger partial charge on any atom is -0.368 e. The number of Topliss-reactive ketones (excluding diaryl/α,β-unsaturated/α-hetero) is 1. The normalized spacial score (nSPS) is 11.6. The zero-order chi connectivity index (χ0) is 12.3. The quantitative estimate of drug-likeness (QED) is 0.751. The van der Waals surface area contributed by atoms with Crippen LogP contribution in [-0.2, 0) is 4.74 Å². The second-order valence-electron chi connectivity index (χ2n) is 4.24. The van der Waals surface area contributed by atoms with Crippen molar-refractivity contribution in [1.29, 1.82) is 0 Å². The third-order valence-corrected chi connectivity index (χ3v) is 2.89. The number of rotatable bonds is 4. The van der Waals surface area contributed by atoms with Crippen molar-refractivity contribution in [3.05, 3.63) is 34.3 Å².